The number of esters is 1. The Balaban J connectivity index is 1.78. The highest BCUT2D eigenvalue weighted by atomic mass is 32.1. The monoisotopic (exact) mass is 222 g/mol. The third-order valence-electron chi connectivity index (χ3n) is 1.85. The SMILES string of the molecule is O=C(Cc1cccs1)OCc1ccco1. The van der Waals surface area contributed by atoms with Gasteiger partial charge in [0, 0.05) is 4.88 Å². The van der Waals surface area contributed by atoms with Crippen LogP contribution in [0.5, 0.6) is 0 Å². The fourth-order valence-corrected chi connectivity index (χ4v) is 1.84. The van der Waals surface area contributed by atoms with E-state index in [-0.39, 0.29) is 12.6 Å². The summed E-state index contributed by atoms with van der Waals surface area (Å²) in [6.07, 6.45) is 1.89. The van der Waals surface area contributed by atoms with Gasteiger partial charge in [-0.15, -0.1) is 11.3 Å². The zero-order valence-electron chi connectivity index (χ0n) is 8.01. The summed E-state index contributed by atoms with van der Waals surface area (Å²) < 4.78 is 10.1. The Morgan fingerprint density at radius 1 is 1.40 bits per heavy atom. The first-order valence-corrected chi connectivity index (χ1v) is 5.43. The van der Waals surface area contributed by atoms with Gasteiger partial charge in [-0.05, 0) is 23.6 Å². The highest BCUT2D eigenvalue weighted by Crippen LogP contribution is 2.10. The number of rotatable bonds is 4. The van der Waals surface area contributed by atoms with E-state index in [9.17, 15) is 4.79 Å². The van der Waals surface area contributed by atoms with Crippen LogP contribution in [0.2, 0.25) is 0 Å². The molecule has 4 heteroatoms. The predicted octanol–water partition coefficient (Wildman–Crippen LogP) is 2.63. The molecule has 0 radical (unpaired) electrons. The number of hydrogen-bond donors (Lipinski definition) is 0. The molecular weight excluding hydrogens is 212 g/mol. The van der Waals surface area contributed by atoms with Crippen molar-refractivity contribution in [2.45, 2.75) is 13.0 Å². The topological polar surface area (TPSA) is 39.4 Å². The molecule has 2 rings (SSSR count). The Morgan fingerprint density at radius 2 is 2.33 bits per heavy atom. The normalized spacial score (nSPS) is 10.1. The van der Waals surface area contributed by atoms with Crippen molar-refractivity contribution in [2.75, 3.05) is 0 Å². The van der Waals surface area contributed by atoms with Crippen LogP contribution in [0.1, 0.15) is 10.6 Å². The molecule has 0 aliphatic rings. The Morgan fingerprint density at radius 3 is 3.00 bits per heavy atom. The minimum Gasteiger partial charge on any atom is -0.466 e. The minimum atomic E-state index is -0.228. The summed E-state index contributed by atoms with van der Waals surface area (Å²) in [4.78, 5) is 12.4. The molecule has 0 aliphatic carbocycles. The van der Waals surface area contributed by atoms with Crippen LogP contribution in [0, 0.1) is 0 Å². The van der Waals surface area contributed by atoms with Gasteiger partial charge in [0.05, 0.1) is 12.7 Å². The number of carbonyl (C=O) groups is 1. The first-order valence-electron chi connectivity index (χ1n) is 4.55. The lowest BCUT2D eigenvalue weighted by Crippen LogP contribution is -2.06. The lowest BCUT2D eigenvalue weighted by atomic mass is 10.3. The number of hydrogen-bond acceptors (Lipinski definition) is 4. The van der Waals surface area contributed by atoms with E-state index in [1.54, 1.807) is 29.7 Å². The van der Waals surface area contributed by atoms with Crippen molar-refractivity contribution < 1.29 is 13.9 Å². The summed E-state index contributed by atoms with van der Waals surface area (Å²) in [5.41, 5.74) is 0. The summed E-state index contributed by atoms with van der Waals surface area (Å²) in [6, 6.07) is 7.37. The third kappa shape index (κ3) is 2.95. The largest absolute Gasteiger partial charge is 0.466 e. The summed E-state index contributed by atoms with van der Waals surface area (Å²) in [6.45, 7) is 0.206. The van der Waals surface area contributed by atoms with Gasteiger partial charge in [0.15, 0.2) is 0 Å². The maximum atomic E-state index is 11.3. The van der Waals surface area contributed by atoms with Gasteiger partial charge in [0.25, 0.3) is 0 Å². The van der Waals surface area contributed by atoms with Crippen molar-refractivity contribution in [3.8, 4) is 0 Å². The quantitative estimate of drug-likeness (QED) is 0.746. The number of thiophene rings is 1. The first-order chi connectivity index (χ1) is 7.34. The molecule has 0 aromatic carbocycles. The van der Waals surface area contributed by atoms with E-state index in [1.807, 2.05) is 17.5 Å². The van der Waals surface area contributed by atoms with Gasteiger partial charge >= 0.3 is 5.97 Å². The van der Waals surface area contributed by atoms with Crippen LogP contribution in [0.25, 0.3) is 0 Å². The van der Waals surface area contributed by atoms with Gasteiger partial charge in [0.1, 0.15) is 12.4 Å². The van der Waals surface area contributed by atoms with Crippen molar-refractivity contribution in [1.82, 2.24) is 0 Å². The van der Waals surface area contributed by atoms with Gasteiger partial charge in [0.2, 0.25) is 0 Å². The van der Waals surface area contributed by atoms with Crippen molar-refractivity contribution in [1.29, 1.82) is 0 Å². The Kier molecular flexibility index (Phi) is 3.19. The van der Waals surface area contributed by atoms with Gasteiger partial charge in [-0.2, -0.15) is 0 Å². The zero-order chi connectivity index (χ0) is 10.5. The average Bonchev–Trinajstić information content (AvgIpc) is 2.86. The first kappa shape index (κ1) is 9.98. The van der Waals surface area contributed by atoms with Crippen LogP contribution in [-0.2, 0) is 22.6 Å². The highest BCUT2D eigenvalue weighted by Gasteiger charge is 2.06. The van der Waals surface area contributed by atoms with E-state index in [2.05, 4.69) is 0 Å². The maximum absolute atomic E-state index is 11.3. The van der Waals surface area contributed by atoms with E-state index in [0.717, 1.165) is 4.88 Å². The molecule has 0 saturated heterocycles. The van der Waals surface area contributed by atoms with E-state index >= 15 is 0 Å². The zero-order valence-corrected chi connectivity index (χ0v) is 8.83. The summed E-state index contributed by atoms with van der Waals surface area (Å²) in [7, 11) is 0. The van der Waals surface area contributed by atoms with Crippen LogP contribution in [0.15, 0.2) is 40.3 Å². The molecule has 3 nitrogen and oxygen atoms in total. The molecule has 78 valence electrons. The van der Waals surface area contributed by atoms with Crippen molar-refractivity contribution >= 4 is 17.3 Å². The number of ether oxygens (including phenoxy) is 1. The van der Waals surface area contributed by atoms with E-state index in [0.29, 0.717) is 12.2 Å². The second kappa shape index (κ2) is 4.79. The van der Waals surface area contributed by atoms with Crippen LogP contribution in [0.4, 0.5) is 0 Å². The summed E-state index contributed by atoms with van der Waals surface area (Å²) >= 11 is 1.55. The Labute approximate surface area is 91.3 Å². The molecule has 0 saturated carbocycles. The molecule has 0 amide bonds. The minimum absolute atomic E-state index is 0.206. The molecule has 0 aliphatic heterocycles. The van der Waals surface area contributed by atoms with E-state index in [1.165, 1.54) is 0 Å². The number of furan rings is 1. The molecular formula is C11H10O3S. The summed E-state index contributed by atoms with van der Waals surface area (Å²) in [5.74, 6) is 0.434. The van der Waals surface area contributed by atoms with Crippen molar-refractivity contribution in [2.24, 2.45) is 0 Å². The van der Waals surface area contributed by atoms with Gasteiger partial charge in [-0.1, -0.05) is 6.07 Å². The Bertz CT molecular complexity index is 403. The molecule has 0 fully saturated rings. The molecule has 0 unspecified atom stereocenters. The summed E-state index contributed by atoms with van der Waals surface area (Å²) in [5, 5.41) is 1.94. The van der Waals surface area contributed by atoms with Crippen LogP contribution in [0.3, 0.4) is 0 Å². The van der Waals surface area contributed by atoms with Crippen molar-refractivity contribution in [3.05, 3.63) is 46.5 Å². The highest BCUT2D eigenvalue weighted by molar-refractivity contribution is 7.10. The number of carbonyl (C=O) groups excluding carboxylic acids is 1. The average molecular weight is 222 g/mol. The molecule has 15 heavy (non-hydrogen) atoms. The fourth-order valence-electron chi connectivity index (χ4n) is 1.15. The van der Waals surface area contributed by atoms with E-state index in [4.69, 9.17) is 9.15 Å². The lowest BCUT2D eigenvalue weighted by molar-refractivity contribution is -0.144. The second-order valence-corrected chi connectivity index (χ2v) is 4.03. The third-order valence-corrected chi connectivity index (χ3v) is 2.73. The molecule has 0 spiro atoms. The standard InChI is InChI=1S/C11H10O3S/c12-11(7-10-4-2-6-15-10)14-8-9-3-1-5-13-9/h1-6H,7-8H2. The molecule has 2 aromatic rings. The smallest absolute Gasteiger partial charge is 0.311 e. The van der Waals surface area contributed by atoms with Gasteiger partial charge < -0.3 is 9.15 Å². The molecule has 2 heterocycles. The lowest BCUT2D eigenvalue weighted by Gasteiger charge is -2.00. The fraction of sp³-hybridized carbons (Fsp3) is 0.182. The maximum Gasteiger partial charge on any atom is 0.311 e. The predicted molar refractivity (Wildman–Crippen MR) is 56.5 cm³/mol. The van der Waals surface area contributed by atoms with E-state index < -0.39 is 0 Å². The van der Waals surface area contributed by atoms with Crippen LogP contribution < -0.4 is 0 Å². The van der Waals surface area contributed by atoms with Crippen LogP contribution >= 0.6 is 11.3 Å². The van der Waals surface area contributed by atoms with Gasteiger partial charge in [-0.25, -0.2) is 0 Å². The molecule has 0 atom stereocenters. The molecule has 0 bridgehead atoms. The van der Waals surface area contributed by atoms with Crippen LogP contribution in [-0.4, -0.2) is 5.97 Å². The second-order valence-electron chi connectivity index (χ2n) is 3.00. The van der Waals surface area contributed by atoms with Gasteiger partial charge in [-0.3, -0.25) is 4.79 Å². The molecule has 2 aromatic heterocycles. The molecule has 0 N–H and O–H groups in total. The van der Waals surface area contributed by atoms with Crippen molar-refractivity contribution in [3.63, 3.8) is 0 Å². The Hall–Kier alpha value is -1.55.